The Hall–Kier alpha value is -2.14. The molecule has 0 amide bonds. The van der Waals surface area contributed by atoms with Crippen molar-refractivity contribution in [3.63, 3.8) is 0 Å². The Labute approximate surface area is 136 Å². The minimum Gasteiger partial charge on any atom is -0.478 e. The number of aromatic nitrogens is 2. The molecule has 0 radical (unpaired) electrons. The fourth-order valence-electron chi connectivity index (χ4n) is 3.28. The predicted molar refractivity (Wildman–Crippen MR) is 88.6 cm³/mol. The number of nitrogens with zero attached hydrogens (tertiary/aromatic N) is 3. The van der Waals surface area contributed by atoms with Gasteiger partial charge in [0, 0.05) is 25.5 Å². The summed E-state index contributed by atoms with van der Waals surface area (Å²) in [5.74, 6) is 0.744. The standard InChI is InChI=1S/C18H23N3O2/c1-2-9-21-11-8-19-17(21)13-20-10-7-16(12-20)14-3-5-15(6-4-14)18(22)23/h3-6,8,11,16H,2,7,9-10,12-13H2,1H3,(H,22,23)/t16-/m0/s1. The van der Waals surface area contributed by atoms with Crippen LogP contribution in [0.15, 0.2) is 36.7 Å². The van der Waals surface area contributed by atoms with Crippen LogP contribution in [0.4, 0.5) is 0 Å². The Morgan fingerprint density at radius 2 is 2.13 bits per heavy atom. The molecule has 0 bridgehead atoms. The van der Waals surface area contributed by atoms with Crippen molar-refractivity contribution >= 4 is 5.97 Å². The van der Waals surface area contributed by atoms with E-state index in [1.807, 2.05) is 18.3 Å². The molecule has 0 saturated carbocycles. The highest BCUT2D eigenvalue weighted by atomic mass is 16.4. The Balaban J connectivity index is 1.61. The van der Waals surface area contributed by atoms with E-state index in [1.54, 1.807) is 12.1 Å². The second-order valence-electron chi connectivity index (χ2n) is 6.18. The number of likely N-dealkylation sites (tertiary alicyclic amines) is 1. The number of hydrogen-bond acceptors (Lipinski definition) is 3. The normalized spacial score (nSPS) is 18.4. The molecule has 2 heterocycles. The van der Waals surface area contributed by atoms with Crippen LogP contribution in [0.25, 0.3) is 0 Å². The average Bonchev–Trinajstić information content (AvgIpc) is 3.18. The number of aromatic carboxylic acids is 1. The van der Waals surface area contributed by atoms with Crippen LogP contribution >= 0.6 is 0 Å². The van der Waals surface area contributed by atoms with E-state index >= 15 is 0 Å². The van der Waals surface area contributed by atoms with Crippen LogP contribution in [-0.4, -0.2) is 38.6 Å². The van der Waals surface area contributed by atoms with Gasteiger partial charge in [0.25, 0.3) is 0 Å². The van der Waals surface area contributed by atoms with Gasteiger partial charge >= 0.3 is 5.97 Å². The third-order valence-electron chi connectivity index (χ3n) is 4.53. The quantitative estimate of drug-likeness (QED) is 0.890. The van der Waals surface area contributed by atoms with Gasteiger partial charge in [-0.1, -0.05) is 19.1 Å². The van der Waals surface area contributed by atoms with Crippen molar-refractivity contribution in [2.24, 2.45) is 0 Å². The van der Waals surface area contributed by atoms with Gasteiger partial charge in [-0.05, 0) is 43.0 Å². The molecule has 2 aromatic rings. The zero-order valence-corrected chi connectivity index (χ0v) is 13.5. The van der Waals surface area contributed by atoms with Crippen LogP contribution in [0.2, 0.25) is 0 Å². The zero-order chi connectivity index (χ0) is 16.2. The molecule has 1 aromatic carbocycles. The fraction of sp³-hybridized carbons (Fsp3) is 0.444. The number of benzene rings is 1. The van der Waals surface area contributed by atoms with Crippen molar-refractivity contribution < 1.29 is 9.90 Å². The summed E-state index contributed by atoms with van der Waals surface area (Å²) in [5.41, 5.74) is 1.58. The van der Waals surface area contributed by atoms with Crippen molar-refractivity contribution in [1.82, 2.24) is 14.5 Å². The molecule has 1 N–H and O–H groups in total. The fourth-order valence-corrected chi connectivity index (χ4v) is 3.28. The second-order valence-corrected chi connectivity index (χ2v) is 6.18. The van der Waals surface area contributed by atoms with Crippen molar-refractivity contribution in [2.75, 3.05) is 13.1 Å². The lowest BCUT2D eigenvalue weighted by Gasteiger charge is -2.17. The summed E-state index contributed by atoms with van der Waals surface area (Å²) in [6, 6.07) is 7.31. The largest absolute Gasteiger partial charge is 0.478 e. The molecule has 3 rings (SSSR count). The summed E-state index contributed by atoms with van der Waals surface area (Å²) >= 11 is 0. The smallest absolute Gasteiger partial charge is 0.335 e. The van der Waals surface area contributed by atoms with Crippen LogP contribution < -0.4 is 0 Å². The molecule has 1 saturated heterocycles. The van der Waals surface area contributed by atoms with E-state index < -0.39 is 5.97 Å². The highest BCUT2D eigenvalue weighted by molar-refractivity contribution is 5.87. The minimum absolute atomic E-state index is 0.352. The summed E-state index contributed by atoms with van der Waals surface area (Å²) in [7, 11) is 0. The first kappa shape index (κ1) is 15.7. The van der Waals surface area contributed by atoms with E-state index in [4.69, 9.17) is 5.11 Å². The van der Waals surface area contributed by atoms with Gasteiger partial charge in [0.1, 0.15) is 5.82 Å². The maximum absolute atomic E-state index is 10.9. The van der Waals surface area contributed by atoms with Crippen LogP contribution in [0.1, 0.15) is 47.4 Å². The molecule has 0 aliphatic carbocycles. The number of carboxylic acids is 1. The van der Waals surface area contributed by atoms with Crippen LogP contribution in [0.3, 0.4) is 0 Å². The monoisotopic (exact) mass is 313 g/mol. The van der Waals surface area contributed by atoms with Gasteiger partial charge < -0.3 is 9.67 Å². The highest BCUT2D eigenvalue weighted by Crippen LogP contribution is 2.28. The maximum atomic E-state index is 10.9. The van der Waals surface area contributed by atoms with Crippen molar-refractivity contribution in [1.29, 1.82) is 0 Å². The maximum Gasteiger partial charge on any atom is 0.335 e. The Morgan fingerprint density at radius 1 is 1.35 bits per heavy atom. The van der Waals surface area contributed by atoms with Crippen molar-refractivity contribution in [3.05, 3.63) is 53.6 Å². The molecule has 23 heavy (non-hydrogen) atoms. The van der Waals surface area contributed by atoms with E-state index in [-0.39, 0.29) is 0 Å². The number of aryl methyl sites for hydroxylation is 1. The Kier molecular flexibility index (Phi) is 4.76. The molecule has 0 unspecified atom stereocenters. The Morgan fingerprint density at radius 3 is 2.83 bits per heavy atom. The third-order valence-corrected chi connectivity index (χ3v) is 4.53. The zero-order valence-electron chi connectivity index (χ0n) is 13.5. The molecule has 5 nitrogen and oxygen atoms in total. The van der Waals surface area contributed by atoms with Crippen LogP contribution in [-0.2, 0) is 13.1 Å². The van der Waals surface area contributed by atoms with E-state index in [1.165, 1.54) is 5.56 Å². The average molecular weight is 313 g/mol. The summed E-state index contributed by atoms with van der Waals surface area (Å²) in [5, 5.41) is 8.98. The molecular formula is C18H23N3O2. The number of carboxylic acid groups (broad SMARTS) is 1. The highest BCUT2D eigenvalue weighted by Gasteiger charge is 2.24. The first-order chi connectivity index (χ1) is 11.2. The molecule has 5 heteroatoms. The molecule has 122 valence electrons. The molecule has 1 aliphatic heterocycles. The van der Waals surface area contributed by atoms with Crippen molar-refractivity contribution in [2.45, 2.75) is 38.8 Å². The number of hydrogen-bond donors (Lipinski definition) is 1. The molecule has 1 fully saturated rings. The number of rotatable bonds is 6. The lowest BCUT2D eigenvalue weighted by Crippen LogP contribution is -2.22. The molecule has 1 atom stereocenters. The molecular weight excluding hydrogens is 290 g/mol. The summed E-state index contributed by atoms with van der Waals surface area (Å²) in [6.45, 7) is 6.14. The Bertz CT molecular complexity index is 663. The summed E-state index contributed by atoms with van der Waals surface area (Å²) in [4.78, 5) is 17.8. The first-order valence-electron chi connectivity index (χ1n) is 8.23. The summed E-state index contributed by atoms with van der Waals surface area (Å²) in [6.07, 6.45) is 6.16. The van der Waals surface area contributed by atoms with Gasteiger partial charge in [0.05, 0.1) is 12.1 Å². The number of carbonyl (C=O) groups is 1. The SMILES string of the molecule is CCCn1ccnc1CN1CC[C@H](c2ccc(C(=O)O)cc2)C1. The molecule has 0 spiro atoms. The van der Waals surface area contributed by atoms with E-state index in [2.05, 4.69) is 27.6 Å². The van der Waals surface area contributed by atoms with Gasteiger partial charge in [-0.2, -0.15) is 0 Å². The lowest BCUT2D eigenvalue weighted by molar-refractivity contribution is 0.0697. The van der Waals surface area contributed by atoms with Gasteiger partial charge in [0.2, 0.25) is 0 Å². The van der Waals surface area contributed by atoms with Crippen LogP contribution in [0, 0.1) is 0 Å². The van der Waals surface area contributed by atoms with Gasteiger partial charge in [-0.3, -0.25) is 4.90 Å². The van der Waals surface area contributed by atoms with Crippen LogP contribution in [0.5, 0.6) is 0 Å². The summed E-state index contributed by atoms with van der Waals surface area (Å²) < 4.78 is 2.23. The lowest BCUT2D eigenvalue weighted by atomic mass is 9.97. The van der Waals surface area contributed by atoms with E-state index in [0.29, 0.717) is 11.5 Å². The molecule has 1 aromatic heterocycles. The first-order valence-corrected chi connectivity index (χ1v) is 8.23. The van der Waals surface area contributed by atoms with Gasteiger partial charge in [0.15, 0.2) is 0 Å². The third kappa shape index (κ3) is 3.62. The van der Waals surface area contributed by atoms with Crippen molar-refractivity contribution in [3.8, 4) is 0 Å². The van der Waals surface area contributed by atoms with Gasteiger partial charge in [-0.15, -0.1) is 0 Å². The second kappa shape index (κ2) is 6.96. The van der Waals surface area contributed by atoms with E-state index in [9.17, 15) is 4.79 Å². The van der Waals surface area contributed by atoms with E-state index in [0.717, 1.165) is 44.8 Å². The topological polar surface area (TPSA) is 58.4 Å². The van der Waals surface area contributed by atoms with Gasteiger partial charge in [-0.25, -0.2) is 9.78 Å². The number of imidazole rings is 1. The predicted octanol–water partition coefficient (Wildman–Crippen LogP) is 2.98. The molecule has 1 aliphatic rings. The minimum atomic E-state index is -0.868.